The summed E-state index contributed by atoms with van der Waals surface area (Å²) in [5.41, 5.74) is 4.46. The maximum absolute atomic E-state index is 4.69. The summed E-state index contributed by atoms with van der Waals surface area (Å²) in [4.78, 5) is 4.69. The van der Waals surface area contributed by atoms with Gasteiger partial charge in [0, 0.05) is 17.6 Å². The van der Waals surface area contributed by atoms with Gasteiger partial charge < -0.3 is 0 Å². The highest BCUT2D eigenvalue weighted by Crippen LogP contribution is 2.39. The van der Waals surface area contributed by atoms with Gasteiger partial charge in [-0.25, -0.2) is 0 Å². The van der Waals surface area contributed by atoms with E-state index in [-0.39, 0.29) is 0 Å². The summed E-state index contributed by atoms with van der Waals surface area (Å²) in [6.07, 6.45) is 4.68. The quantitative estimate of drug-likeness (QED) is 0.747. The van der Waals surface area contributed by atoms with Crippen molar-refractivity contribution < 1.29 is 0 Å². The molecule has 1 aliphatic rings. The minimum atomic E-state index is 0.533. The summed E-state index contributed by atoms with van der Waals surface area (Å²) in [5.74, 6) is 4.43. The summed E-state index contributed by atoms with van der Waals surface area (Å²) in [6, 6.07) is 2.24. The molecule has 2 heteroatoms. The van der Waals surface area contributed by atoms with Crippen LogP contribution in [0.1, 0.15) is 69.2 Å². The molecule has 0 N–H and O–H groups in total. The summed E-state index contributed by atoms with van der Waals surface area (Å²) in [7, 11) is 0. The van der Waals surface area contributed by atoms with E-state index in [2.05, 4.69) is 50.5 Å². The van der Waals surface area contributed by atoms with Crippen molar-refractivity contribution in [1.82, 2.24) is 4.98 Å². The Labute approximate surface area is 116 Å². The topological polar surface area (TPSA) is 12.9 Å². The first kappa shape index (κ1) is 13.9. The molecule has 1 aliphatic heterocycles. The molecule has 0 saturated carbocycles. The third kappa shape index (κ3) is 2.90. The summed E-state index contributed by atoms with van der Waals surface area (Å²) in [6.45, 7) is 9.26. The number of rotatable bonds is 2. The predicted molar refractivity (Wildman–Crippen MR) is 81.3 cm³/mol. The van der Waals surface area contributed by atoms with E-state index in [1.807, 2.05) is 6.20 Å². The van der Waals surface area contributed by atoms with E-state index in [0.29, 0.717) is 17.8 Å². The van der Waals surface area contributed by atoms with Crippen LogP contribution < -0.4 is 0 Å². The minimum absolute atomic E-state index is 0.533. The first-order valence-corrected chi connectivity index (χ1v) is 8.32. The highest BCUT2D eigenvalue weighted by atomic mass is 32.2. The Kier molecular flexibility index (Phi) is 4.71. The van der Waals surface area contributed by atoms with Crippen LogP contribution in [0.5, 0.6) is 0 Å². The lowest BCUT2D eigenvalue weighted by atomic mass is 9.80. The molecule has 2 heterocycles. The van der Waals surface area contributed by atoms with E-state index >= 15 is 0 Å². The van der Waals surface area contributed by atoms with Crippen LogP contribution in [0.3, 0.4) is 0 Å². The van der Waals surface area contributed by atoms with Crippen LogP contribution in [0.2, 0.25) is 0 Å². The van der Waals surface area contributed by atoms with Crippen molar-refractivity contribution in [2.45, 2.75) is 58.1 Å². The molecule has 0 aliphatic carbocycles. The molecule has 0 aromatic carbocycles. The summed E-state index contributed by atoms with van der Waals surface area (Å²) in [5, 5.41) is 0. The van der Waals surface area contributed by atoms with Crippen molar-refractivity contribution in [2.75, 3.05) is 5.75 Å². The number of hydrogen-bond acceptors (Lipinski definition) is 2. The van der Waals surface area contributed by atoms with Crippen LogP contribution in [0, 0.1) is 5.92 Å². The third-order valence-electron chi connectivity index (χ3n) is 3.90. The normalized spacial score (nSPS) is 20.7. The van der Waals surface area contributed by atoms with Gasteiger partial charge in [-0.15, -0.1) is 0 Å². The van der Waals surface area contributed by atoms with Crippen molar-refractivity contribution in [3.8, 4) is 0 Å². The smallest absolute Gasteiger partial charge is 0.0466 e. The average molecular weight is 263 g/mol. The van der Waals surface area contributed by atoms with Crippen molar-refractivity contribution in [2.24, 2.45) is 5.92 Å². The number of pyridine rings is 1. The van der Waals surface area contributed by atoms with Gasteiger partial charge in [0.2, 0.25) is 0 Å². The molecular formula is C16H25NS. The second kappa shape index (κ2) is 6.10. The molecule has 0 radical (unpaired) electrons. The number of nitrogens with zero attached hydrogens (tertiary/aromatic N) is 1. The van der Waals surface area contributed by atoms with Gasteiger partial charge in [-0.1, -0.05) is 27.7 Å². The molecule has 0 spiro atoms. The first-order chi connectivity index (χ1) is 8.61. The van der Waals surface area contributed by atoms with Crippen LogP contribution in [0.15, 0.2) is 12.3 Å². The molecule has 1 nitrogen and oxygen atoms in total. The number of fused-ring (bicyclic) bond motifs is 1. The lowest BCUT2D eigenvalue weighted by Gasteiger charge is -2.29. The molecule has 1 aromatic heterocycles. The number of aromatic nitrogens is 1. The van der Waals surface area contributed by atoms with E-state index in [1.54, 1.807) is 5.56 Å². The van der Waals surface area contributed by atoms with Crippen molar-refractivity contribution in [3.63, 3.8) is 0 Å². The Hall–Kier alpha value is -0.500. The van der Waals surface area contributed by atoms with Crippen LogP contribution in [-0.2, 0) is 5.75 Å². The standard InChI is InChI=1S/C16H25NS/c1-11(2)14-6-5-9-18-10-13-7-8-17-16(12(3)4)15(13)14/h7-8,11-12,14H,5-6,9-10H2,1-4H3. The fourth-order valence-electron chi connectivity index (χ4n) is 2.94. The third-order valence-corrected chi connectivity index (χ3v) is 4.99. The molecular weight excluding hydrogens is 238 g/mol. The lowest BCUT2D eigenvalue weighted by molar-refractivity contribution is 0.455. The Morgan fingerprint density at radius 1 is 1.28 bits per heavy atom. The average Bonchev–Trinajstić information content (AvgIpc) is 2.28. The van der Waals surface area contributed by atoms with E-state index in [4.69, 9.17) is 0 Å². The van der Waals surface area contributed by atoms with Crippen LogP contribution in [-0.4, -0.2) is 10.7 Å². The zero-order valence-corrected chi connectivity index (χ0v) is 12.9. The maximum Gasteiger partial charge on any atom is 0.0466 e. The summed E-state index contributed by atoms with van der Waals surface area (Å²) < 4.78 is 0. The van der Waals surface area contributed by atoms with Crippen molar-refractivity contribution in [1.29, 1.82) is 0 Å². The Bertz CT molecular complexity index is 398. The molecule has 2 rings (SSSR count). The van der Waals surface area contributed by atoms with E-state index in [0.717, 1.165) is 0 Å². The van der Waals surface area contributed by atoms with Gasteiger partial charge in [0.05, 0.1) is 0 Å². The van der Waals surface area contributed by atoms with Crippen molar-refractivity contribution >= 4 is 11.8 Å². The van der Waals surface area contributed by atoms with Gasteiger partial charge in [-0.2, -0.15) is 11.8 Å². The molecule has 18 heavy (non-hydrogen) atoms. The molecule has 1 unspecified atom stereocenters. The SMILES string of the molecule is CC(C)c1nccc2c1C(C(C)C)CCCSC2. The van der Waals surface area contributed by atoms with E-state index in [9.17, 15) is 0 Å². The largest absolute Gasteiger partial charge is 0.261 e. The molecule has 0 saturated heterocycles. The van der Waals surface area contributed by atoms with Gasteiger partial charge in [-0.05, 0) is 53.5 Å². The molecule has 100 valence electrons. The van der Waals surface area contributed by atoms with Crippen LogP contribution in [0.4, 0.5) is 0 Å². The molecule has 0 fully saturated rings. The monoisotopic (exact) mass is 263 g/mol. The van der Waals surface area contributed by atoms with E-state index in [1.165, 1.54) is 35.6 Å². The highest BCUT2D eigenvalue weighted by Gasteiger charge is 2.25. The fourth-order valence-corrected chi connectivity index (χ4v) is 3.93. The summed E-state index contributed by atoms with van der Waals surface area (Å²) >= 11 is 2.08. The molecule has 1 aromatic rings. The molecule has 0 amide bonds. The Morgan fingerprint density at radius 3 is 2.72 bits per heavy atom. The Morgan fingerprint density at radius 2 is 2.06 bits per heavy atom. The van der Waals surface area contributed by atoms with Gasteiger partial charge in [0.15, 0.2) is 0 Å². The minimum Gasteiger partial charge on any atom is -0.261 e. The fraction of sp³-hybridized carbons (Fsp3) is 0.688. The maximum atomic E-state index is 4.69. The predicted octanol–water partition coefficient (Wildman–Crippen LogP) is 4.97. The molecule has 0 bridgehead atoms. The zero-order chi connectivity index (χ0) is 13.1. The first-order valence-electron chi connectivity index (χ1n) is 7.16. The van der Waals surface area contributed by atoms with Gasteiger partial charge in [0.1, 0.15) is 0 Å². The van der Waals surface area contributed by atoms with Crippen molar-refractivity contribution in [3.05, 3.63) is 29.1 Å². The Balaban J connectivity index is 2.51. The van der Waals surface area contributed by atoms with Gasteiger partial charge in [-0.3, -0.25) is 4.98 Å². The second-order valence-corrected chi connectivity index (χ2v) is 7.07. The second-order valence-electron chi connectivity index (χ2n) is 5.97. The number of thioether (sulfide) groups is 1. The number of hydrogen-bond donors (Lipinski definition) is 0. The highest BCUT2D eigenvalue weighted by molar-refractivity contribution is 7.98. The van der Waals surface area contributed by atoms with E-state index < -0.39 is 0 Å². The molecule has 1 atom stereocenters. The van der Waals surface area contributed by atoms with Gasteiger partial charge >= 0.3 is 0 Å². The van der Waals surface area contributed by atoms with Gasteiger partial charge in [0.25, 0.3) is 0 Å². The van der Waals surface area contributed by atoms with Crippen LogP contribution in [0.25, 0.3) is 0 Å². The zero-order valence-electron chi connectivity index (χ0n) is 12.1. The lowest BCUT2D eigenvalue weighted by Crippen LogP contribution is -2.16. The van der Waals surface area contributed by atoms with Crippen LogP contribution >= 0.6 is 11.8 Å².